The summed E-state index contributed by atoms with van der Waals surface area (Å²) < 4.78 is 30.3. The van der Waals surface area contributed by atoms with Crippen LogP contribution in [0.4, 0.5) is 8.78 Å². The maximum absolute atomic E-state index is 12.9. The number of carbonyl (C=O) groups excluding carboxylic acids is 1. The van der Waals surface area contributed by atoms with Crippen LogP contribution >= 0.6 is 0 Å². The van der Waals surface area contributed by atoms with Crippen LogP contribution in [0.2, 0.25) is 0 Å². The van der Waals surface area contributed by atoms with Gasteiger partial charge in [-0.1, -0.05) is 0 Å². The monoisotopic (exact) mass is 186 g/mol. The lowest BCUT2D eigenvalue weighted by Crippen LogP contribution is -2.01. The van der Waals surface area contributed by atoms with Crippen molar-refractivity contribution in [3.8, 4) is 5.75 Å². The predicted molar refractivity (Wildman–Crippen MR) is 42.7 cm³/mol. The highest BCUT2D eigenvalue weighted by atomic mass is 19.1. The summed E-state index contributed by atoms with van der Waals surface area (Å²) in [5.41, 5.74) is 0.197. The minimum atomic E-state index is -0.719. The standard InChI is InChI=1S/C9H8F2O2/c1-6-8(11)4-7(10)5-9(6)13-3-2-12/h2,4-5H,3H2,1H3. The molecule has 1 aromatic rings. The number of aldehydes is 1. The number of halogens is 2. The number of ether oxygens (including phenoxy) is 1. The first-order valence-electron chi connectivity index (χ1n) is 3.67. The number of carbonyl (C=O) groups is 1. The van der Waals surface area contributed by atoms with Crippen molar-refractivity contribution in [1.82, 2.24) is 0 Å². The largest absolute Gasteiger partial charge is 0.486 e. The van der Waals surface area contributed by atoms with Gasteiger partial charge in [0, 0.05) is 17.7 Å². The normalized spacial score (nSPS) is 9.77. The van der Waals surface area contributed by atoms with E-state index in [2.05, 4.69) is 0 Å². The van der Waals surface area contributed by atoms with Gasteiger partial charge in [-0.2, -0.15) is 0 Å². The summed E-state index contributed by atoms with van der Waals surface area (Å²) in [5.74, 6) is -1.34. The van der Waals surface area contributed by atoms with Crippen LogP contribution < -0.4 is 4.74 Å². The summed E-state index contributed by atoms with van der Waals surface area (Å²) in [7, 11) is 0. The zero-order chi connectivity index (χ0) is 9.84. The van der Waals surface area contributed by atoms with E-state index in [9.17, 15) is 13.6 Å². The second kappa shape index (κ2) is 3.98. The van der Waals surface area contributed by atoms with Crippen molar-refractivity contribution in [2.45, 2.75) is 6.92 Å². The van der Waals surface area contributed by atoms with Crippen LogP contribution in [0.25, 0.3) is 0 Å². The average Bonchev–Trinajstić information content (AvgIpc) is 2.09. The van der Waals surface area contributed by atoms with Gasteiger partial charge in [-0.15, -0.1) is 0 Å². The van der Waals surface area contributed by atoms with E-state index in [1.54, 1.807) is 0 Å². The van der Waals surface area contributed by atoms with Gasteiger partial charge in [-0.25, -0.2) is 8.78 Å². The van der Waals surface area contributed by atoms with Gasteiger partial charge < -0.3 is 4.74 Å². The molecule has 0 aliphatic rings. The van der Waals surface area contributed by atoms with Crippen LogP contribution in [0.15, 0.2) is 12.1 Å². The Balaban J connectivity index is 2.98. The predicted octanol–water partition coefficient (Wildman–Crippen LogP) is 1.85. The molecule has 13 heavy (non-hydrogen) atoms. The van der Waals surface area contributed by atoms with E-state index in [4.69, 9.17) is 4.74 Å². The second-order valence-corrected chi connectivity index (χ2v) is 2.49. The third-order valence-electron chi connectivity index (χ3n) is 1.57. The Morgan fingerprint density at radius 2 is 2.15 bits per heavy atom. The van der Waals surface area contributed by atoms with Crippen molar-refractivity contribution in [1.29, 1.82) is 0 Å². The molecule has 1 rings (SSSR count). The van der Waals surface area contributed by atoms with E-state index in [0.717, 1.165) is 12.1 Å². The van der Waals surface area contributed by atoms with Crippen molar-refractivity contribution in [3.05, 3.63) is 29.3 Å². The number of rotatable bonds is 3. The van der Waals surface area contributed by atoms with Gasteiger partial charge in [0.15, 0.2) is 6.29 Å². The van der Waals surface area contributed by atoms with E-state index in [0.29, 0.717) is 6.29 Å². The fraction of sp³-hybridized carbons (Fsp3) is 0.222. The maximum atomic E-state index is 12.9. The molecule has 0 saturated carbocycles. The lowest BCUT2D eigenvalue weighted by Gasteiger charge is -2.06. The number of hydrogen-bond donors (Lipinski definition) is 0. The number of hydrogen-bond acceptors (Lipinski definition) is 2. The number of benzene rings is 1. The van der Waals surface area contributed by atoms with Crippen LogP contribution in [0, 0.1) is 18.6 Å². The summed E-state index contributed by atoms with van der Waals surface area (Å²) >= 11 is 0. The van der Waals surface area contributed by atoms with Crippen molar-refractivity contribution in [2.75, 3.05) is 6.61 Å². The average molecular weight is 186 g/mol. The Hall–Kier alpha value is -1.45. The van der Waals surface area contributed by atoms with Crippen LogP contribution in [-0.2, 0) is 4.79 Å². The molecule has 0 fully saturated rings. The van der Waals surface area contributed by atoms with Crippen LogP contribution in [0.3, 0.4) is 0 Å². The molecule has 0 unspecified atom stereocenters. The highest BCUT2D eigenvalue weighted by Crippen LogP contribution is 2.21. The molecule has 0 aliphatic carbocycles. The quantitative estimate of drug-likeness (QED) is 0.673. The van der Waals surface area contributed by atoms with Gasteiger partial charge in [0.25, 0.3) is 0 Å². The molecule has 1 aromatic carbocycles. The first kappa shape index (κ1) is 9.64. The minimum absolute atomic E-state index is 0.0598. The van der Waals surface area contributed by atoms with Gasteiger partial charge in [-0.3, -0.25) is 4.79 Å². The zero-order valence-corrected chi connectivity index (χ0v) is 7.01. The summed E-state index contributed by atoms with van der Waals surface area (Å²) in [6.07, 6.45) is 0.516. The van der Waals surface area contributed by atoms with Crippen LogP contribution in [-0.4, -0.2) is 12.9 Å². The van der Waals surface area contributed by atoms with Gasteiger partial charge in [0.2, 0.25) is 0 Å². The van der Waals surface area contributed by atoms with Gasteiger partial charge in [-0.05, 0) is 6.92 Å². The van der Waals surface area contributed by atoms with E-state index in [1.165, 1.54) is 6.92 Å². The third kappa shape index (κ3) is 2.24. The summed E-state index contributed by atoms with van der Waals surface area (Å²) in [6.45, 7) is 1.25. The van der Waals surface area contributed by atoms with E-state index >= 15 is 0 Å². The SMILES string of the molecule is Cc1c(F)cc(F)cc1OCC=O. The molecule has 0 amide bonds. The Morgan fingerprint density at radius 1 is 1.46 bits per heavy atom. The molecule has 0 radical (unpaired) electrons. The maximum Gasteiger partial charge on any atom is 0.157 e. The van der Waals surface area contributed by atoms with Crippen molar-refractivity contribution in [3.63, 3.8) is 0 Å². The molecule has 0 atom stereocenters. The molecule has 70 valence electrons. The highest BCUT2D eigenvalue weighted by molar-refractivity contribution is 5.51. The minimum Gasteiger partial charge on any atom is -0.486 e. The van der Waals surface area contributed by atoms with Crippen molar-refractivity contribution >= 4 is 6.29 Å². The first-order valence-corrected chi connectivity index (χ1v) is 3.67. The van der Waals surface area contributed by atoms with Crippen LogP contribution in [0.1, 0.15) is 5.56 Å². The Morgan fingerprint density at radius 3 is 2.77 bits per heavy atom. The lowest BCUT2D eigenvalue weighted by atomic mass is 10.2. The molecule has 0 aromatic heterocycles. The van der Waals surface area contributed by atoms with Crippen molar-refractivity contribution in [2.24, 2.45) is 0 Å². The van der Waals surface area contributed by atoms with Crippen molar-refractivity contribution < 1.29 is 18.3 Å². The van der Waals surface area contributed by atoms with E-state index in [-0.39, 0.29) is 17.9 Å². The molecule has 0 saturated heterocycles. The fourth-order valence-electron chi connectivity index (χ4n) is 0.896. The zero-order valence-electron chi connectivity index (χ0n) is 7.01. The van der Waals surface area contributed by atoms with Gasteiger partial charge in [0.1, 0.15) is 24.0 Å². The molecule has 4 heteroatoms. The molecular weight excluding hydrogens is 178 g/mol. The molecule has 0 spiro atoms. The molecule has 2 nitrogen and oxygen atoms in total. The molecule has 0 bridgehead atoms. The first-order chi connectivity index (χ1) is 6.15. The molecular formula is C9H8F2O2. The van der Waals surface area contributed by atoms with Gasteiger partial charge in [0.05, 0.1) is 0 Å². The third-order valence-corrected chi connectivity index (χ3v) is 1.57. The van der Waals surface area contributed by atoms with Gasteiger partial charge >= 0.3 is 0 Å². The fourth-order valence-corrected chi connectivity index (χ4v) is 0.896. The molecule has 0 aliphatic heterocycles. The van der Waals surface area contributed by atoms with E-state index < -0.39 is 11.6 Å². The molecule has 0 heterocycles. The summed E-state index contributed by atoms with van der Waals surface area (Å²) in [6, 6.07) is 1.81. The molecule has 0 N–H and O–H groups in total. The van der Waals surface area contributed by atoms with Crippen LogP contribution in [0.5, 0.6) is 5.75 Å². The van der Waals surface area contributed by atoms with E-state index in [1.807, 2.05) is 0 Å². The Bertz CT molecular complexity index is 324. The second-order valence-electron chi connectivity index (χ2n) is 2.49. The summed E-state index contributed by atoms with van der Waals surface area (Å²) in [4.78, 5) is 9.95. The smallest absolute Gasteiger partial charge is 0.157 e. The highest BCUT2D eigenvalue weighted by Gasteiger charge is 2.07. The topological polar surface area (TPSA) is 26.3 Å². The Labute approximate surface area is 74.1 Å². The Kier molecular flexibility index (Phi) is 2.95. The lowest BCUT2D eigenvalue weighted by molar-refractivity contribution is -0.109. The summed E-state index contributed by atoms with van der Waals surface area (Å²) in [5, 5.41) is 0.